The molecule has 32 heavy (non-hydrogen) atoms. The molecule has 1 heterocycles. The zero-order valence-corrected chi connectivity index (χ0v) is 19.6. The molecule has 7 nitrogen and oxygen atoms in total. The highest BCUT2D eigenvalue weighted by Gasteiger charge is 2.16. The first-order valence-electron chi connectivity index (χ1n) is 10.8. The van der Waals surface area contributed by atoms with Crippen LogP contribution in [0.4, 0.5) is 11.4 Å². The Kier molecular flexibility index (Phi) is 8.36. The molecular weight excluding hydrogens is 430 g/mol. The second kappa shape index (κ2) is 11.2. The van der Waals surface area contributed by atoms with Crippen LogP contribution < -0.4 is 15.0 Å². The molecule has 8 heteroatoms. The van der Waals surface area contributed by atoms with Crippen LogP contribution in [0.15, 0.2) is 36.4 Å². The van der Waals surface area contributed by atoms with E-state index < -0.39 is 11.9 Å². The highest BCUT2D eigenvalue weighted by Crippen LogP contribution is 2.27. The van der Waals surface area contributed by atoms with E-state index in [-0.39, 0.29) is 13.2 Å². The van der Waals surface area contributed by atoms with Crippen LogP contribution in [0.2, 0.25) is 5.02 Å². The third-order valence-electron chi connectivity index (χ3n) is 5.46. The Hall–Kier alpha value is -2.77. The molecule has 0 spiro atoms. The Morgan fingerprint density at radius 3 is 2.22 bits per heavy atom. The Morgan fingerprint density at radius 2 is 1.62 bits per heavy atom. The van der Waals surface area contributed by atoms with E-state index in [4.69, 9.17) is 21.1 Å². The number of likely N-dealkylation sites (N-methyl/N-ethyl adjacent to an activating group) is 1. The van der Waals surface area contributed by atoms with Gasteiger partial charge in [-0.25, -0.2) is 4.79 Å². The Balaban J connectivity index is 1.41. The number of benzene rings is 2. The summed E-state index contributed by atoms with van der Waals surface area (Å²) in [6, 6.07) is 11.2. The predicted octanol–water partition coefficient (Wildman–Crippen LogP) is 3.66. The smallest absolute Gasteiger partial charge is 0.344 e. The minimum Gasteiger partial charge on any atom is -0.481 e. The zero-order valence-electron chi connectivity index (χ0n) is 18.8. The first kappa shape index (κ1) is 23.9. The maximum atomic E-state index is 12.1. The molecule has 2 aromatic carbocycles. The summed E-state index contributed by atoms with van der Waals surface area (Å²) in [5, 5.41) is 3.35. The zero-order chi connectivity index (χ0) is 23.1. The molecule has 1 fully saturated rings. The van der Waals surface area contributed by atoms with Crippen molar-refractivity contribution in [2.45, 2.75) is 20.8 Å². The largest absolute Gasteiger partial charge is 0.481 e. The summed E-state index contributed by atoms with van der Waals surface area (Å²) in [6.45, 7) is 10.4. The third kappa shape index (κ3) is 6.61. The van der Waals surface area contributed by atoms with Crippen LogP contribution in [0, 0.1) is 13.8 Å². The summed E-state index contributed by atoms with van der Waals surface area (Å²) in [5.74, 6) is -0.427. The normalized spacial score (nSPS) is 14.2. The average Bonchev–Trinajstić information content (AvgIpc) is 2.77. The molecule has 0 radical (unpaired) electrons. The van der Waals surface area contributed by atoms with Gasteiger partial charge in [-0.3, -0.25) is 4.79 Å². The van der Waals surface area contributed by atoms with Crippen molar-refractivity contribution in [1.29, 1.82) is 0 Å². The quantitative estimate of drug-likeness (QED) is 0.607. The van der Waals surface area contributed by atoms with E-state index in [2.05, 4.69) is 22.0 Å². The van der Waals surface area contributed by atoms with Gasteiger partial charge in [-0.1, -0.05) is 18.5 Å². The maximum Gasteiger partial charge on any atom is 0.344 e. The van der Waals surface area contributed by atoms with Gasteiger partial charge >= 0.3 is 5.97 Å². The number of nitrogens with one attached hydrogen (secondary N) is 1. The van der Waals surface area contributed by atoms with Crippen molar-refractivity contribution in [3.8, 4) is 5.75 Å². The number of hydrogen-bond acceptors (Lipinski definition) is 6. The number of rotatable bonds is 8. The van der Waals surface area contributed by atoms with Gasteiger partial charge in [0, 0.05) is 42.6 Å². The second-order valence-electron chi connectivity index (χ2n) is 7.83. The molecule has 1 aliphatic rings. The molecular formula is C24H30ClN3O4. The van der Waals surface area contributed by atoms with Crippen LogP contribution in [-0.2, 0) is 14.3 Å². The van der Waals surface area contributed by atoms with Gasteiger partial charge in [-0.15, -0.1) is 0 Å². The number of nitrogens with zero attached hydrogens (tertiary/aromatic N) is 2. The number of carbonyl (C=O) groups excluding carboxylic acids is 2. The van der Waals surface area contributed by atoms with Gasteiger partial charge in [0.2, 0.25) is 0 Å². The van der Waals surface area contributed by atoms with Crippen LogP contribution in [0.25, 0.3) is 0 Å². The SMILES string of the molecule is CCN1CCN(c2ccc(NC(=O)COC(=O)COc3c(C)cc(Cl)cc3C)cc2)CC1. The van der Waals surface area contributed by atoms with E-state index in [0.29, 0.717) is 16.5 Å². The Labute approximate surface area is 194 Å². The molecule has 1 saturated heterocycles. The summed E-state index contributed by atoms with van der Waals surface area (Å²) in [6.07, 6.45) is 0. The average molecular weight is 460 g/mol. The monoisotopic (exact) mass is 459 g/mol. The van der Waals surface area contributed by atoms with Crippen molar-refractivity contribution in [3.63, 3.8) is 0 Å². The van der Waals surface area contributed by atoms with E-state index in [9.17, 15) is 9.59 Å². The van der Waals surface area contributed by atoms with E-state index in [1.54, 1.807) is 12.1 Å². The number of halogens is 1. The highest BCUT2D eigenvalue weighted by atomic mass is 35.5. The lowest BCUT2D eigenvalue weighted by atomic mass is 10.1. The summed E-state index contributed by atoms with van der Waals surface area (Å²) >= 11 is 6.00. The molecule has 0 bridgehead atoms. The molecule has 0 aliphatic carbocycles. The number of esters is 1. The van der Waals surface area contributed by atoms with E-state index >= 15 is 0 Å². The summed E-state index contributed by atoms with van der Waals surface area (Å²) in [5.41, 5.74) is 3.45. The lowest BCUT2D eigenvalue weighted by Gasteiger charge is -2.35. The maximum absolute atomic E-state index is 12.1. The molecule has 0 unspecified atom stereocenters. The number of carbonyl (C=O) groups is 2. The van der Waals surface area contributed by atoms with Crippen molar-refractivity contribution in [2.24, 2.45) is 0 Å². The van der Waals surface area contributed by atoms with Crippen molar-refractivity contribution < 1.29 is 19.1 Å². The van der Waals surface area contributed by atoms with Gasteiger partial charge in [-0.05, 0) is 67.9 Å². The lowest BCUT2D eigenvalue weighted by molar-refractivity contribution is -0.149. The number of ether oxygens (including phenoxy) is 2. The Bertz CT molecular complexity index is 918. The van der Waals surface area contributed by atoms with E-state index in [0.717, 1.165) is 49.5 Å². The minimum absolute atomic E-state index is 0.281. The molecule has 3 rings (SSSR count). The number of piperazine rings is 1. The molecule has 0 saturated carbocycles. The third-order valence-corrected chi connectivity index (χ3v) is 5.68. The molecule has 1 amide bonds. The first-order chi connectivity index (χ1) is 15.4. The van der Waals surface area contributed by atoms with Gasteiger partial charge in [0.1, 0.15) is 5.75 Å². The van der Waals surface area contributed by atoms with E-state index in [1.807, 2.05) is 38.1 Å². The molecule has 2 aromatic rings. The highest BCUT2D eigenvalue weighted by molar-refractivity contribution is 6.30. The first-order valence-corrected chi connectivity index (χ1v) is 11.2. The molecule has 172 valence electrons. The fraction of sp³-hybridized carbons (Fsp3) is 0.417. The molecule has 0 atom stereocenters. The van der Waals surface area contributed by atoms with Crippen LogP contribution >= 0.6 is 11.6 Å². The number of amides is 1. The molecule has 1 aliphatic heterocycles. The fourth-order valence-electron chi connectivity index (χ4n) is 3.72. The van der Waals surface area contributed by atoms with Crippen molar-refractivity contribution in [1.82, 2.24) is 4.90 Å². The van der Waals surface area contributed by atoms with Crippen molar-refractivity contribution in [3.05, 3.63) is 52.5 Å². The van der Waals surface area contributed by atoms with Crippen molar-refractivity contribution in [2.75, 3.05) is 56.2 Å². The number of aryl methyl sites for hydroxylation is 2. The molecule has 1 N–H and O–H groups in total. The van der Waals surface area contributed by atoms with Gasteiger partial charge in [0.05, 0.1) is 0 Å². The van der Waals surface area contributed by atoms with Crippen LogP contribution in [0.5, 0.6) is 5.75 Å². The van der Waals surface area contributed by atoms with E-state index in [1.165, 1.54) is 0 Å². The molecule has 0 aromatic heterocycles. The van der Waals surface area contributed by atoms with Gasteiger partial charge in [0.25, 0.3) is 5.91 Å². The number of anilines is 2. The topological polar surface area (TPSA) is 71.1 Å². The Morgan fingerprint density at radius 1 is 1.00 bits per heavy atom. The summed E-state index contributed by atoms with van der Waals surface area (Å²) in [4.78, 5) is 28.9. The van der Waals surface area contributed by atoms with Crippen LogP contribution in [-0.4, -0.2) is 62.7 Å². The van der Waals surface area contributed by atoms with Gasteiger partial charge in [-0.2, -0.15) is 0 Å². The summed E-state index contributed by atoms with van der Waals surface area (Å²) < 4.78 is 10.6. The predicted molar refractivity (Wildman–Crippen MR) is 127 cm³/mol. The van der Waals surface area contributed by atoms with Crippen molar-refractivity contribution >= 4 is 34.9 Å². The number of hydrogen-bond donors (Lipinski definition) is 1. The van der Waals surface area contributed by atoms with Gasteiger partial charge < -0.3 is 24.6 Å². The second-order valence-corrected chi connectivity index (χ2v) is 8.27. The standard InChI is InChI=1S/C24H30ClN3O4/c1-4-27-9-11-28(12-10-27)21-7-5-20(6-8-21)26-22(29)15-31-23(30)16-32-24-17(2)13-19(25)14-18(24)3/h5-8,13-14H,4,9-12,15-16H2,1-3H3,(H,26,29). The summed E-state index contributed by atoms with van der Waals surface area (Å²) in [7, 11) is 0. The van der Waals surface area contributed by atoms with Crippen LogP contribution in [0.3, 0.4) is 0 Å². The lowest BCUT2D eigenvalue weighted by Crippen LogP contribution is -2.46. The fourth-order valence-corrected chi connectivity index (χ4v) is 4.05. The van der Waals surface area contributed by atoms with Crippen LogP contribution in [0.1, 0.15) is 18.1 Å². The van der Waals surface area contributed by atoms with Gasteiger partial charge in [0.15, 0.2) is 13.2 Å². The minimum atomic E-state index is -0.615.